The second-order valence-corrected chi connectivity index (χ2v) is 6.53. The van der Waals surface area contributed by atoms with E-state index in [0.29, 0.717) is 23.3 Å². The number of ether oxygens (including phenoxy) is 2. The van der Waals surface area contributed by atoms with E-state index in [1.807, 2.05) is 18.2 Å². The van der Waals surface area contributed by atoms with E-state index in [0.717, 1.165) is 36.2 Å². The van der Waals surface area contributed by atoms with Crippen LogP contribution in [0.5, 0.6) is 11.8 Å². The van der Waals surface area contributed by atoms with E-state index in [1.165, 1.54) is 0 Å². The van der Waals surface area contributed by atoms with Gasteiger partial charge < -0.3 is 14.4 Å². The third-order valence-electron chi connectivity index (χ3n) is 4.31. The topological polar surface area (TPSA) is 73.3 Å². The van der Waals surface area contributed by atoms with Crippen LogP contribution in [0.2, 0.25) is 5.02 Å². The molecule has 0 saturated carbocycles. The summed E-state index contributed by atoms with van der Waals surface area (Å²) in [6.07, 6.45) is 6.93. The number of halogens is 1. The number of rotatable bonds is 4. The van der Waals surface area contributed by atoms with Crippen molar-refractivity contribution in [2.45, 2.75) is 18.9 Å². The summed E-state index contributed by atoms with van der Waals surface area (Å²) < 4.78 is 11.0. The third kappa shape index (κ3) is 3.62. The fourth-order valence-corrected chi connectivity index (χ4v) is 3.15. The molecule has 1 aliphatic rings. The van der Waals surface area contributed by atoms with E-state index in [2.05, 4.69) is 19.9 Å². The van der Waals surface area contributed by atoms with Crippen molar-refractivity contribution in [3.8, 4) is 11.8 Å². The van der Waals surface area contributed by atoms with Crippen molar-refractivity contribution in [1.82, 2.24) is 19.9 Å². The lowest BCUT2D eigenvalue weighted by Crippen LogP contribution is -2.41. The van der Waals surface area contributed by atoms with Gasteiger partial charge in [-0.2, -0.15) is 9.97 Å². The van der Waals surface area contributed by atoms with Gasteiger partial charge in [0.05, 0.1) is 43.3 Å². The minimum atomic E-state index is -0.000130. The molecule has 0 spiro atoms. The molecule has 134 valence electrons. The van der Waals surface area contributed by atoms with E-state index in [9.17, 15) is 0 Å². The largest absolute Gasteiger partial charge is 0.494 e. The molecule has 1 atom stereocenters. The highest BCUT2D eigenvalue weighted by Crippen LogP contribution is 2.23. The summed E-state index contributed by atoms with van der Waals surface area (Å²) in [6.45, 7) is 1.63. The Labute approximate surface area is 156 Å². The first-order valence-corrected chi connectivity index (χ1v) is 8.79. The molecule has 1 aliphatic heterocycles. The number of nitrogens with zero attached hydrogens (tertiary/aromatic N) is 5. The predicted octanol–water partition coefficient (Wildman–Crippen LogP) is 3.13. The molecule has 4 rings (SSSR count). The number of methoxy groups -OCH3 is 1. The average Bonchev–Trinajstić information content (AvgIpc) is 2.68. The summed E-state index contributed by atoms with van der Waals surface area (Å²) in [4.78, 5) is 19.7. The monoisotopic (exact) mass is 371 g/mol. The van der Waals surface area contributed by atoms with Crippen LogP contribution < -0.4 is 14.4 Å². The highest BCUT2D eigenvalue weighted by atomic mass is 35.5. The Balaban J connectivity index is 1.48. The molecule has 8 heteroatoms. The van der Waals surface area contributed by atoms with Gasteiger partial charge >= 0.3 is 6.01 Å². The Hall–Kier alpha value is -2.67. The summed E-state index contributed by atoms with van der Waals surface area (Å²) in [5.74, 6) is 1.44. The Morgan fingerprint density at radius 3 is 2.77 bits per heavy atom. The Morgan fingerprint density at radius 2 is 1.96 bits per heavy atom. The molecule has 1 fully saturated rings. The molecule has 0 radical (unpaired) electrons. The highest BCUT2D eigenvalue weighted by molar-refractivity contribution is 6.31. The standard InChI is InChI=1S/C18H18ClN5O2/c1-25-14-8-21-18(22-9-14)26-13-3-2-6-24(11-13)17-10-20-16-7-12(19)4-5-15(16)23-17/h4-5,7-10,13H,2-3,6,11H2,1H3. The van der Waals surface area contributed by atoms with E-state index in [1.54, 1.807) is 25.7 Å². The van der Waals surface area contributed by atoms with Crippen LogP contribution in [0.4, 0.5) is 5.82 Å². The van der Waals surface area contributed by atoms with Gasteiger partial charge in [-0.15, -0.1) is 0 Å². The maximum absolute atomic E-state index is 6.01. The molecule has 26 heavy (non-hydrogen) atoms. The van der Waals surface area contributed by atoms with Crippen LogP contribution in [-0.2, 0) is 0 Å². The molecule has 1 saturated heterocycles. The highest BCUT2D eigenvalue weighted by Gasteiger charge is 2.23. The second-order valence-electron chi connectivity index (χ2n) is 6.09. The maximum atomic E-state index is 6.01. The molecule has 0 bridgehead atoms. The minimum Gasteiger partial charge on any atom is -0.494 e. The van der Waals surface area contributed by atoms with Gasteiger partial charge in [-0.1, -0.05) is 11.6 Å². The Bertz CT molecular complexity index is 906. The SMILES string of the molecule is COc1cnc(OC2CCCN(c3cnc4cc(Cl)ccc4n3)C2)nc1. The number of benzene rings is 1. The van der Waals surface area contributed by atoms with Gasteiger partial charge in [0.15, 0.2) is 5.75 Å². The molecule has 0 amide bonds. The van der Waals surface area contributed by atoms with Gasteiger partial charge in [0, 0.05) is 11.6 Å². The first-order valence-electron chi connectivity index (χ1n) is 8.41. The molecule has 0 aliphatic carbocycles. The molecular weight excluding hydrogens is 354 g/mol. The van der Waals surface area contributed by atoms with Gasteiger partial charge in [-0.25, -0.2) is 4.98 Å². The van der Waals surface area contributed by atoms with Crippen LogP contribution >= 0.6 is 11.6 Å². The van der Waals surface area contributed by atoms with E-state index < -0.39 is 0 Å². The summed E-state index contributed by atoms with van der Waals surface area (Å²) >= 11 is 6.01. The number of piperidine rings is 1. The maximum Gasteiger partial charge on any atom is 0.316 e. The van der Waals surface area contributed by atoms with Crippen molar-refractivity contribution in [2.75, 3.05) is 25.1 Å². The number of aromatic nitrogens is 4. The summed E-state index contributed by atoms with van der Waals surface area (Å²) in [6, 6.07) is 5.89. The Morgan fingerprint density at radius 1 is 1.12 bits per heavy atom. The normalized spacial score (nSPS) is 17.3. The molecule has 7 nitrogen and oxygen atoms in total. The quantitative estimate of drug-likeness (QED) is 0.697. The molecular formula is C18H18ClN5O2. The van der Waals surface area contributed by atoms with Gasteiger partial charge in [0.1, 0.15) is 11.9 Å². The molecule has 2 aromatic heterocycles. The minimum absolute atomic E-state index is 0.000130. The van der Waals surface area contributed by atoms with E-state index >= 15 is 0 Å². The molecule has 0 N–H and O–H groups in total. The van der Waals surface area contributed by atoms with Crippen LogP contribution in [0.15, 0.2) is 36.8 Å². The summed E-state index contributed by atoms with van der Waals surface area (Å²) in [5.41, 5.74) is 1.62. The first kappa shape index (κ1) is 16.8. The number of hydrogen-bond donors (Lipinski definition) is 0. The van der Waals surface area contributed by atoms with Crippen molar-refractivity contribution in [3.05, 3.63) is 41.8 Å². The zero-order chi connectivity index (χ0) is 17.9. The smallest absolute Gasteiger partial charge is 0.316 e. The molecule has 1 unspecified atom stereocenters. The lowest BCUT2D eigenvalue weighted by atomic mass is 10.1. The lowest BCUT2D eigenvalue weighted by molar-refractivity contribution is 0.163. The average molecular weight is 372 g/mol. The van der Waals surface area contributed by atoms with Gasteiger partial charge in [-0.3, -0.25) is 4.98 Å². The van der Waals surface area contributed by atoms with Gasteiger partial charge in [-0.05, 0) is 31.0 Å². The van der Waals surface area contributed by atoms with Gasteiger partial charge in [0.25, 0.3) is 0 Å². The van der Waals surface area contributed by atoms with E-state index in [4.69, 9.17) is 26.1 Å². The van der Waals surface area contributed by atoms with E-state index in [-0.39, 0.29) is 6.10 Å². The van der Waals surface area contributed by atoms with Crippen LogP contribution in [0.1, 0.15) is 12.8 Å². The van der Waals surface area contributed by atoms with Crippen LogP contribution in [-0.4, -0.2) is 46.2 Å². The zero-order valence-electron chi connectivity index (χ0n) is 14.3. The van der Waals surface area contributed by atoms with Crippen LogP contribution in [0.25, 0.3) is 11.0 Å². The van der Waals surface area contributed by atoms with Crippen molar-refractivity contribution in [2.24, 2.45) is 0 Å². The number of fused-ring (bicyclic) bond motifs is 1. The fourth-order valence-electron chi connectivity index (χ4n) is 2.99. The molecule has 3 heterocycles. The second kappa shape index (κ2) is 7.29. The third-order valence-corrected chi connectivity index (χ3v) is 4.54. The molecule has 1 aromatic carbocycles. The van der Waals surface area contributed by atoms with Gasteiger partial charge in [0.2, 0.25) is 0 Å². The lowest BCUT2D eigenvalue weighted by Gasteiger charge is -2.33. The fraction of sp³-hybridized carbons (Fsp3) is 0.333. The van der Waals surface area contributed by atoms with Crippen LogP contribution in [0.3, 0.4) is 0 Å². The van der Waals surface area contributed by atoms with Crippen molar-refractivity contribution in [3.63, 3.8) is 0 Å². The zero-order valence-corrected chi connectivity index (χ0v) is 15.1. The van der Waals surface area contributed by atoms with Crippen molar-refractivity contribution in [1.29, 1.82) is 0 Å². The predicted molar refractivity (Wildman–Crippen MR) is 99.0 cm³/mol. The first-order chi connectivity index (χ1) is 12.7. The summed E-state index contributed by atoms with van der Waals surface area (Å²) in [5, 5.41) is 0.658. The summed E-state index contributed by atoms with van der Waals surface area (Å²) in [7, 11) is 1.58. The number of hydrogen-bond acceptors (Lipinski definition) is 7. The Kier molecular flexibility index (Phi) is 4.71. The van der Waals surface area contributed by atoms with Crippen LogP contribution in [0, 0.1) is 0 Å². The van der Waals surface area contributed by atoms with Crippen molar-refractivity contribution < 1.29 is 9.47 Å². The molecule has 3 aromatic rings. The number of anilines is 1. The van der Waals surface area contributed by atoms with Crippen molar-refractivity contribution >= 4 is 28.5 Å².